The standard InChI is InChI=1S/C21H16N4O3S/c26-20(22-15-7-6-10-17(13-15)25(27)28)14-29-21-23-18-11-4-5-12-19(18)24(21)16-8-2-1-3-9-16/h1-13H,14H2,(H,22,26). The predicted molar refractivity (Wildman–Crippen MR) is 114 cm³/mol. The Labute approximate surface area is 170 Å². The van der Waals surface area contributed by atoms with Crippen LogP contribution in [0.5, 0.6) is 0 Å². The summed E-state index contributed by atoms with van der Waals surface area (Å²) >= 11 is 1.31. The number of carbonyl (C=O) groups excluding carboxylic acids is 1. The molecule has 1 aromatic heterocycles. The summed E-state index contributed by atoms with van der Waals surface area (Å²) < 4.78 is 2.01. The molecule has 0 unspecified atom stereocenters. The third-order valence-corrected chi connectivity index (χ3v) is 5.16. The van der Waals surface area contributed by atoms with E-state index in [0.717, 1.165) is 16.7 Å². The van der Waals surface area contributed by atoms with E-state index in [-0.39, 0.29) is 17.3 Å². The van der Waals surface area contributed by atoms with Crippen LogP contribution < -0.4 is 5.32 Å². The average Bonchev–Trinajstić information content (AvgIpc) is 3.11. The van der Waals surface area contributed by atoms with Crippen molar-refractivity contribution in [3.8, 4) is 5.69 Å². The monoisotopic (exact) mass is 404 g/mol. The van der Waals surface area contributed by atoms with E-state index >= 15 is 0 Å². The number of para-hydroxylation sites is 3. The van der Waals surface area contributed by atoms with Gasteiger partial charge in [0.25, 0.3) is 5.69 Å². The molecular weight excluding hydrogens is 388 g/mol. The average molecular weight is 404 g/mol. The molecule has 0 atom stereocenters. The lowest BCUT2D eigenvalue weighted by Gasteiger charge is -2.09. The van der Waals surface area contributed by atoms with Crippen LogP contribution in [0.25, 0.3) is 16.7 Å². The SMILES string of the molecule is O=C(CSc1nc2ccccc2n1-c1ccccc1)Nc1cccc([N+](=O)[O-])c1. The van der Waals surface area contributed by atoms with Crippen molar-refractivity contribution in [1.29, 1.82) is 0 Å². The van der Waals surface area contributed by atoms with Crippen LogP contribution in [0.2, 0.25) is 0 Å². The molecule has 29 heavy (non-hydrogen) atoms. The van der Waals surface area contributed by atoms with Gasteiger partial charge in [-0.3, -0.25) is 19.5 Å². The van der Waals surface area contributed by atoms with Gasteiger partial charge in [-0.2, -0.15) is 0 Å². The molecular formula is C21H16N4O3S. The summed E-state index contributed by atoms with van der Waals surface area (Å²) in [6, 6.07) is 23.5. The zero-order valence-corrected chi connectivity index (χ0v) is 16.0. The number of nitrogens with zero attached hydrogens (tertiary/aromatic N) is 3. The Balaban J connectivity index is 1.55. The first-order valence-corrected chi connectivity index (χ1v) is 9.80. The molecule has 0 radical (unpaired) electrons. The minimum atomic E-state index is -0.493. The zero-order chi connectivity index (χ0) is 20.2. The second-order valence-corrected chi connectivity index (χ2v) is 7.14. The van der Waals surface area contributed by atoms with E-state index in [1.807, 2.05) is 59.2 Å². The van der Waals surface area contributed by atoms with Crippen LogP contribution in [-0.4, -0.2) is 26.1 Å². The van der Waals surface area contributed by atoms with Crippen molar-refractivity contribution in [3.05, 3.63) is 89.0 Å². The highest BCUT2D eigenvalue weighted by Gasteiger charge is 2.15. The van der Waals surface area contributed by atoms with Gasteiger partial charge in [-0.05, 0) is 30.3 Å². The number of anilines is 1. The van der Waals surface area contributed by atoms with E-state index in [9.17, 15) is 14.9 Å². The molecule has 1 heterocycles. The number of non-ortho nitro benzene ring substituents is 1. The number of nitro benzene ring substituents is 1. The first-order chi connectivity index (χ1) is 14.1. The van der Waals surface area contributed by atoms with Gasteiger partial charge in [0.2, 0.25) is 5.91 Å². The van der Waals surface area contributed by atoms with Crippen LogP contribution in [0.3, 0.4) is 0 Å². The summed E-state index contributed by atoms with van der Waals surface area (Å²) in [7, 11) is 0. The van der Waals surface area contributed by atoms with Crippen LogP contribution in [0.15, 0.2) is 84.0 Å². The Morgan fingerprint density at radius 3 is 2.59 bits per heavy atom. The van der Waals surface area contributed by atoms with Crippen molar-refractivity contribution in [3.63, 3.8) is 0 Å². The third kappa shape index (κ3) is 4.12. The van der Waals surface area contributed by atoms with Crippen molar-refractivity contribution in [2.24, 2.45) is 0 Å². The summed E-state index contributed by atoms with van der Waals surface area (Å²) in [4.78, 5) is 27.4. The van der Waals surface area contributed by atoms with E-state index in [1.165, 1.54) is 30.0 Å². The summed E-state index contributed by atoms with van der Waals surface area (Å²) in [6.07, 6.45) is 0. The fraction of sp³-hybridized carbons (Fsp3) is 0.0476. The first kappa shape index (κ1) is 18.7. The van der Waals surface area contributed by atoms with Crippen molar-refractivity contribution in [1.82, 2.24) is 9.55 Å². The van der Waals surface area contributed by atoms with Gasteiger partial charge in [-0.25, -0.2) is 4.98 Å². The second-order valence-electron chi connectivity index (χ2n) is 6.20. The number of fused-ring (bicyclic) bond motifs is 1. The number of carbonyl (C=O) groups is 1. The minimum absolute atomic E-state index is 0.0682. The van der Waals surface area contributed by atoms with Crippen LogP contribution in [-0.2, 0) is 4.79 Å². The van der Waals surface area contributed by atoms with E-state index in [1.54, 1.807) is 6.07 Å². The summed E-state index contributed by atoms with van der Waals surface area (Å²) in [5.74, 6) is -0.138. The molecule has 0 aliphatic rings. The predicted octanol–water partition coefficient (Wildman–Crippen LogP) is 4.66. The van der Waals surface area contributed by atoms with Gasteiger partial charge in [0.05, 0.1) is 21.7 Å². The Morgan fingerprint density at radius 1 is 1.03 bits per heavy atom. The van der Waals surface area contributed by atoms with Gasteiger partial charge >= 0.3 is 0 Å². The Bertz CT molecular complexity index is 1190. The smallest absolute Gasteiger partial charge is 0.271 e. The molecule has 0 saturated heterocycles. The zero-order valence-electron chi connectivity index (χ0n) is 15.2. The highest BCUT2D eigenvalue weighted by atomic mass is 32.2. The fourth-order valence-electron chi connectivity index (χ4n) is 2.95. The maximum Gasteiger partial charge on any atom is 0.271 e. The molecule has 4 rings (SSSR count). The quantitative estimate of drug-likeness (QED) is 0.287. The van der Waals surface area contributed by atoms with Gasteiger partial charge in [0.1, 0.15) is 0 Å². The van der Waals surface area contributed by atoms with Crippen molar-refractivity contribution >= 4 is 40.1 Å². The molecule has 0 fully saturated rings. The van der Waals surface area contributed by atoms with Gasteiger partial charge in [-0.1, -0.05) is 48.2 Å². The molecule has 0 saturated carbocycles. The fourth-order valence-corrected chi connectivity index (χ4v) is 3.78. The van der Waals surface area contributed by atoms with Crippen molar-refractivity contribution in [2.75, 3.05) is 11.1 Å². The molecule has 0 aliphatic carbocycles. The van der Waals surface area contributed by atoms with Crippen LogP contribution >= 0.6 is 11.8 Å². The second kappa shape index (κ2) is 8.15. The number of benzene rings is 3. The van der Waals surface area contributed by atoms with Gasteiger partial charge in [0.15, 0.2) is 5.16 Å². The topological polar surface area (TPSA) is 90.1 Å². The molecule has 4 aromatic rings. The van der Waals surface area contributed by atoms with Gasteiger partial charge in [-0.15, -0.1) is 0 Å². The highest BCUT2D eigenvalue weighted by Crippen LogP contribution is 2.28. The van der Waals surface area contributed by atoms with Crippen LogP contribution in [0.4, 0.5) is 11.4 Å². The van der Waals surface area contributed by atoms with E-state index in [0.29, 0.717) is 10.8 Å². The molecule has 1 N–H and O–H groups in total. The Morgan fingerprint density at radius 2 is 1.79 bits per heavy atom. The molecule has 0 aliphatic heterocycles. The number of thioether (sulfide) groups is 1. The molecule has 1 amide bonds. The van der Waals surface area contributed by atoms with E-state index in [4.69, 9.17) is 0 Å². The summed E-state index contributed by atoms with van der Waals surface area (Å²) in [5, 5.41) is 14.3. The number of nitrogens with one attached hydrogen (secondary N) is 1. The van der Waals surface area contributed by atoms with Crippen LogP contribution in [0.1, 0.15) is 0 Å². The van der Waals surface area contributed by atoms with Crippen LogP contribution in [0, 0.1) is 10.1 Å². The number of amides is 1. The molecule has 8 heteroatoms. The third-order valence-electron chi connectivity index (χ3n) is 4.22. The lowest BCUT2D eigenvalue weighted by molar-refractivity contribution is -0.384. The lowest BCUT2D eigenvalue weighted by Crippen LogP contribution is -2.14. The molecule has 3 aromatic carbocycles. The minimum Gasteiger partial charge on any atom is -0.325 e. The maximum atomic E-state index is 12.4. The summed E-state index contributed by atoms with van der Waals surface area (Å²) in [6.45, 7) is 0. The largest absolute Gasteiger partial charge is 0.325 e. The molecule has 0 bridgehead atoms. The maximum absolute atomic E-state index is 12.4. The number of nitro groups is 1. The molecule has 7 nitrogen and oxygen atoms in total. The number of imidazole rings is 1. The normalized spacial score (nSPS) is 10.8. The van der Waals surface area contributed by atoms with E-state index in [2.05, 4.69) is 10.3 Å². The molecule has 0 spiro atoms. The van der Waals surface area contributed by atoms with E-state index < -0.39 is 4.92 Å². The first-order valence-electron chi connectivity index (χ1n) is 8.82. The lowest BCUT2D eigenvalue weighted by atomic mass is 10.3. The molecule has 144 valence electrons. The number of hydrogen-bond donors (Lipinski definition) is 1. The highest BCUT2D eigenvalue weighted by molar-refractivity contribution is 7.99. The Kier molecular flexibility index (Phi) is 5.26. The Hall–Kier alpha value is -3.65. The number of rotatable bonds is 6. The van der Waals surface area contributed by atoms with Crippen molar-refractivity contribution in [2.45, 2.75) is 5.16 Å². The number of aromatic nitrogens is 2. The number of hydrogen-bond acceptors (Lipinski definition) is 5. The van der Waals surface area contributed by atoms with Gasteiger partial charge in [0, 0.05) is 23.5 Å². The summed E-state index contributed by atoms with van der Waals surface area (Å²) in [5.41, 5.74) is 3.09. The van der Waals surface area contributed by atoms with Gasteiger partial charge < -0.3 is 5.32 Å². The van der Waals surface area contributed by atoms with Crippen molar-refractivity contribution < 1.29 is 9.72 Å².